The summed E-state index contributed by atoms with van der Waals surface area (Å²) in [5, 5.41) is 2.66. The third-order valence-electron chi connectivity index (χ3n) is 3.52. The van der Waals surface area contributed by atoms with Crippen LogP contribution in [-0.4, -0.2) is 30.6 Å². The Hall–Kier alpha value is -1.56. The van der Waals surface area contributed by atoms with Gasteiger partial charge in [-0.15, -0.1) is 0 Å². The monoisotopic (exact) mass is 387 g/mol. The van der Waals surface area contributed by atoms with Crippen LogP contribution < -0.4 is 14.6 Å². The van der Waals surface area contributed by atoms with Crippen molar-refractivity contribution in [3.8, 4) is 11.5 Å². The minimum absolute atomic E-state index is 0.0804. The molecule has 0 heterocycles. The third kappa shape index (κ3) is 10.4. The Morgan fingerprint density at radius 1 is 1.15 bits per heavy atom. The van der Waals surface area contributed by atoms with Crippen LogP contribution in [0.15, 0.2) is 24.3 Å². The van der Waals surface area contributed by atoms with E-state index in [0.717, 1.165) is 19.3 Å². The molecule has 0 radical (unpaired) electrons. The largest absolute Gasteiger partial charge is 0.527 e. The van der Waals surface area contributed by atoms with Crippen molar-refractivity contribution in [2.24, 2.45) is 0 Å². The second-order valence-corrected chi connectivity index (χ2v) is 7.19. The van der Waals surface area contributed by atoms with E-state index in [2.05, 4.69) is 12.2 Å². The minimum Gasteiger partial charge on any atom is -0.494 e. The molecule has 2 N–H and O–H groups in total. The van der Waals surface area contributed by atoms with E-state index < -0.39 is 7.82 Å². The van der Waals surface area contributed by atoms with Gasteiger partial charge in [-0.1, -0.05) is 38.7 Å². The number of hydrogen-bond donors (Lipinski definition) is 2. The fourth-order valence-electron chi connectivity index (χ4n) is 2.28. The molecule has 1 amide bonds. The molecular formula is C18H30NO6P. The molecule has 1 unspecified atom stereocenters. The number of carbonyl (C=O) groups is 1. The molecule has 0 bridgehead atoms. The first kappa shape index (κ1) is 22.5. The van der Waals surface area contributed by atoms with Crippen LogP contribution >= 0.6 is 7.82 Å². The summed E-state index contributed by atoms with van der Waals surface area (Å²) in [4.78, 5) is 21.4. The van der Waals surface area contributed by atoms with E-state index in [-0.39, 0.29) is 24.8 Å². The van der Waals surface area contributed by atoms with Crippen molar-refractivity contribution in [2.75, 3.05) is 19.8 Å². The van der Waals surface area contributed by atoms with E-state index in [0.29, 0.717) is 18.8 Å². The van der Waals surface area contributed by atoms with Crippen molar-refractivity contribution in [1.82, 2.24) is 5.32 Å². The molecule has 1 rings (SSSR count). The van der Waals surface area contributed by atoms with Crippen LogP contribution in [0.1, 0.15) is 52.4 Å². The summed E-state index contributed by atoms with van der Waals surface area (Å²) < 4.78 is 27.1. The van der Waals surface area contributed by atoms with E-state index in [1.807, 2.05) is 6.92 Å². The molecule has 0 saturated heterocycles. The van der Waals surface area contributed by atoms with Gasteiger partial charge in [0.2, 0.25) is 5.91 Å². The van der Waals surface area contributed by atoms with Gasteiger partial charge in [-0.3, -0.25) is 14.2 Å². The van der Waals surface area contributed by atoms with Crippen molar-refractivity contribution in [1.29, 1.82) is 0 Å². The number of rotatable bonds is 14. The van der Waals surface area contributed by atoms with Gasteiger partial charge in [0.05, 0.1) is 13.2 Å². The number of phosphoric ester groups is 1. The highest BCUT2D eigenvalue weighted by Gasteiger charge is 2.23. The summed E-state index contributed by atoms with van der Waals surface area (Å²) >= 11 is 0. The Balaban J connectivity index is 2.23. The molecule has 148 valence electrons. The molecular weight excluding hydrogens is 357 g/mol. The Labute approximate surface area is 155 Å². The zero-order valence-corrected chi connectivity index (χ0v) is 16.5. The van der Waals surface area contributed by atoms with E-state index in [1.54, 1.807) is 12.1 Å². The quantitative estimate of drug-likeness (QED) is 0.369. The lowest BCUT2D eigenvalue weighted by Gasteiger charge is -2.14. The molecule has 0 spiro atoms. The van der Waals surface area contributed by atoms with Crippen LogP contribution in [-0.2, 0) is 13.9 Å². The summed E-state index contributed by atoms with van der Waals surface area (Å²) in [6, 6.07) is 6.42. The fourth-order valence-corrected chi connectivity index (χ4v) is 3.03. The molecule has 1 aromatic carbocycles. The Morgan fingerprint density at radius 2 is 1.88 bits per heavy atom. The maximum absolute atomic E-state index is 11.9. The SMILES string of the molecule is CCCCCCCC(=O)NCCOP(=O)(O)Oc1cccc(OCC)c1. The third-order valence-corrected chi connectivity index (χ3v) is 4.47. The number of phosphoric acid groups is 1. The molecule has 0 fully saturated rings. The summed E-state index contributed by atoms with van der Waals surface area (Å²) in [6.07, 6.45) is 5.85. The highest BCUT2D eigenvalue weighted by Crippen LogP contribution is 2.44. The zero-order chi connectivity index (χ0) is 19.3. The Morgan fingerprint density at radius 3 is 2.62 bits per heavy atom. The van der Waals surface area contributed by atoms with E-state index >= 15 is 0 Å². The molecule has 8 heteroatoms. The van der Waals surface area contributed by atoms with E-state index in [1.165, 1.54) is 25.0 Å². The molecule has 0 aliphatic carbocycles. The number of benzene rings is 1. The maximum atomic E-state index is 11.9. The van der Waals surface area contributed by atoms with Crippen molar-refractivity contribution in [2.45, 2.75) is 52.4 Å². The Bertz CT molecular complexity index is 581. The van der Waals surface area contributed by atoms with E-state index in [4.69, 9.17) is 13.8 Å². The van der Waals surface area contributed by atoms with Crippen LogP contribution in [0.3, 0.4) is 0 Å². The number of hydrogen-bond acceptors (Lipinski definition) is 5. The lowest BCUT2D eigenvalue weighted by Crippen LogP contribution is -2.26. The van der Waals surface area contributed by atoms with Gasteiger partial charge in [-0.2, -0.15) is 0 Å². The number of unbranched alkanes of at least 4 members (excludes halogenated alkanes) is 4. The number of amides is 1. The van der Waals surface area contributed by atoms with Crippen LogP contribution in [0.2, 0.25) is 0 Å². The molecule has 0 aliphatic rings. The van der Waals surface area contributed by atoms with Crippen molar-refractivity contribution < 1.29 is 28.0 Å². The van der Waals surface area contributed by atoms with Gasteiger partial charge in [-0.05, 0) is 25.5 Å². The highest BCUT2D eigenvalue weighted by molar-refractivity contribution is 7.47. The molecule has 0 aliphatic heterocycles. The summed E-state index contributed by atoms with van der Waals surface area (Å²) in [6.45, 7) is 4.51. The molecule has 7 nitrogen and oxygen atoms in total. The van der Waals surface area contributed by atoms with E-state index in [9.17, 15) is 14.3 Å². The predicted octanol–water partition coefficient (Wildman–Crippen LogP) is 4.06. The second kappa shape index (κ2) is 12.7. The van der Waals surface area contributed by atoms with Crippen LogP contribution in [0.25, 0.3) is 0 Å². The number of nitrogens with one attached hydrogen (secondary N) is 1. The standard InChI is InChI=1S/C18H30NO6P/c1-3-5-6-7-8-12-18(20)19-13-14-24-26(21,22)25-17-11-9-10-16(15-17)23-4-2/h9-11,15H,3-8,12-14H2,1-2H3,(H,19,20)(H,21,22). The first-order chi connectivity index (χ1) is 12.5. The van der Waals surface area contributed by atoms with Crippen LogP contribution in [0.5, 0.6) is 11.5 Å². The van der Waals surface area contributed by atoms with Crippen molar-refractivity contribution in [3.05, 3.63) is 24.3 Å². The smallest absolute Gasteiger partial charge is 0.494 e. The molecule has 0 aromatic heterocycles. The lowest BCUT2D eigenvalue weighted by molar-refractivity contribution is -0.121. The number of carbonyl (C=O) groups excluding carboxylic acids is 1. The van der Waals surface area contributed by atoms with Gasteiger partial charge < -0.3 is 14.6 Å². The van der Waals surface area contributed by atoms with Gasteiger partial charge >= 0.3 is 7.82 Å². The minimum atomic E-state index is -4.25. The Kier molecular flexibility index (Phi) is 11.0. The first-order valence-electron chi connectivity index (χ1n) is 9.13. The predicted molar refractivity (Wildman–Crippen MR) is 100 cm³/mol. The van der Waals surface area contributed by atoms with Gasteiger partial charge in [0, 0.05) is 19.0 Å². The van der Waals surface area contributed by atoms with Crippen molar-refractivity contribution >= 4 is 13.7 Å². The van der Waals surface area contributed by atoms with Gasteiger partial charge in [0.25, 0.3) is 0 Å². The maximum Gasteiger partial charge on any atom is 0.527 e. The average molecular weight is 387 g/mol. The molecule has 0 saturated carbocycles. The van der Waals surface area contributed by atoms with Gasteiger partial charge in [-0.25, -0.2) is 4.57 Å². The second-order valence-electron chi connectivity index (χ2n) is 5.82. The van der Waals surface area contributed by atoms with Crippen LogP contribution in [0, 0.1) is 0 Å². The fraction of sp³-hybridized carbons (Fsp3) is 0.611. The lowest BCUT2D eigenvalue weighted by atomic mass is 10.1. The summed E-state index contributed by atoms with van der Waals surface area (Å²) in [7, 11) is -4.25. The highest BCUT2D eigenvalue weighted by atomic mass is 31.2. The molecule has 1 atom stereocenters. The summed E-state index contributed by atoms with van der Waals surface area (Å²) in [5.41, 5.74) is 0. The zero-order valence-electron chi connectivity index (χ0n) is 15.6. The average Bonchev–Trinajstić information content (AvgIpc) is 2.59. The summed E-state index contributed by atoms with van der Waals surface area (Å²) in [5.74, 6) is 0.636. The topological polar surface area (TPSA) is 94.1 Å². The molecule has 1 aromatic rings. The van der Waals surface area contributed by atoms with Crippen molar-refractivity contribution in [3.63, 3.8) is 0 Å². The number of ether oxygens (including phenoxy) is 1. The van der Waals surface area contributed by atoms with Gasteiger partial charge in [0.1, 0.15) is 11.5 Å². The first-order valence-corrected chi connectivity index (χ1v) is 10.6. The van der Waals surface area contributed by atoms with Crippen LogP contribution in [0.4, 0.5) is 0 Å². The normalized spacial score (nSPS) is 13.0. The van der Waals surface area contributed by atoms with Gasteiger partial charge in [0.15, 0.2) is 0 Å². The molecule has 26 heavy (non-hydrogen) atoms.